The Hall–Kier alpha value is -0.910. The summed E-state index contributed by atoms with van der Waals surface area (Å²) in [5.74, 6) is -0.167. The first-order valence-corrected chi connectivity index (χ1v) is 8.54. The number of carbonyl (C=O) groups is 1. The molecular formula is C14H18ClNO3S. The number of hydrogen-bond donors (Lipinski definition) is 1. The first-order valence-electron chi connectivity index (χ1n) is 6.68. The van der Waals surface area contributed by atoms with E-state index in [2.05, 4.69) is 4.72 Å². The molecule has 110 valence electrons. The Bertz CT molecular complexity index is 583. The van der Waals surface area contributed by atoms with Crippen LogP contribution in [0.1, 0.15) is 32.6 Å². The first kappa shape index (κ1) is 15.5. The number of sulfonamides is 1. The molecule has 2 atom stereocenters. The van der Waals surface area contributed by atoms with E-state index in [9.17, 15) is 13.2 Å². The van der Waals surface area contributed by atoms with Gasteiger partial charge in [0.15, 0.2) is 0 Å². The minimum absolute atomic E-state index is 0.0495. The van der Waals surface area contributed by atoms with Crippen molar-refractivity contribution in [3.8, 4) is 0 Å². The van der Waals surface area contributed by atoms with Gasteiger partial charge in [0, 0.05) is 17.0 Å². The van der Waals surface area contributed by atoms with Gasteiger partial charge >= 0.3 is 0 Å². The first-order chi connectivity index (χ1) is 9.40. The quantitative estimate of drug-likeness (QED) is 0.929. The van der Waals surface area contributed by atoms with Crippen LogP contribution in [0.15, 0.2) is 29.2 Å². The predicted molar refractivity (Wildman–Crippen MR) is 78.2 cm³/mol. The Kier molecular flexibility index (Phi) is 4.83. The van der Waals surface area contributed by atoms with Crippen LogP contribution in [0.25, 0.3) is 0 Å². The van der Waals surface area contributed by atoms with Crippen LogP contribution in [0.2, 0.25) is 5.02 Å². The van der Waals surface area contributed by atoms with E-state index in [0.717, 1.165) is 19.3 Å². The zero-order chi connectivity index (χ0) is 14.8. The van der Waals surface area contributed by atoms with Gasteiger partial charge in [0.05, 0.1) is 4.90 Å². The van der Waals surface area contributed by atoms with E-state index in [0.29, 0.717) is 11.4 Å². The van der Waals surface area contributed by atoms with E-state index in [1.54, 1.807) is 12.1 Å². The van der Waals surface area contributed by atoms with E-state index in [4.69, 9.17) is 11.6 Å². The Balaban J connectivity index is 2.18. The summed E-state index contributed by atoms with van der Waals surface area (Å²) in [6.07, 6.45) is 3.38. The maximum Gasteiger partial charge on any atom is 0.240 e. The van der Waals surface area contributed by atoms with Crippen LogP contribution in [0.4, 0.5) is 0 Å². The number of halogens is 1. The number of hydrogen-bond acceptors (Lipinski definition) is 3. The molecule has 2 unspecified atom stereocenters. The number of carbonyl (C=O) groups excluding carboxylic acids is 1. The smallest absolute Gasteiger partial charge is 0.240 e. The Morgan fingerprint density at radius 3 is 2.40 bits per heavy atom. The van der Waals surface area contributed by atoms with Crippen LogP contribution in [0.5, 0.6) is 0 Å². The number of ketones is 1. The molecular weight excluding hydrogens is 298 g/mol. The fourth-order valence-corrected chi connectivity index (χ4v) is 4.08. The van der Waals surface area contributed by atoms with E-state index in [1.807, 2.05) is 0 Å². The molecule has 0 aromatic heterocycles. The lowest BCUT2D eigenvalue weighted by Crippen LogP contribution is -2.44. The second kappa shape index (κ2) is 6.24. The monoisotopic (exact) mass is 315 g/mol. The van der Waals surface area contributed by atoms with Crippen molar-refractivity contribution < 1.29 is 13.2 Å². The van der Waals surface area contributed by atoms with Crippen LogP contribution in [-0.4, -0.2) is 20.2 Å². The molecule has 0 saturated heterocycles. The van der Waals surface area contributed by atoms with E-state index < -0.39 is 10.0 Å². The summed E-state index contributed by atoms with van der Waals surface area (Å²) in [7, 11) is -3.60. The van der Waals surface area contributed by atoms with Gasteiger partial charge < -0.3 is 0 Å². The molecule has 0 spiro atoms. The fraction of sp³-hybridized carbons (Fsp3) is 0.500. The second-order valence-electron chi connectivity index (χ2n) is 5.18. The largest absolute Gasteiger partial charge is 0.300 e. The molecule has 1 aliphatic carbocycles. The lowest BCUT2D eigenvalue weighted by molar-refractivity contribution is -0.122. The molecule has 1 aromatic carbocycles. The molecule has 1 N–H and O–H groups in total. The number of benzene rings is 1. The molecule has 6 heteroatoms. The third-order valence-electron chi connectivity index (χ3n) is 3.72. The van der Waals surface area contributed by atoms with Gasteiger partial charge in [-0.15, -0.1) is 0 Å². The highest BCUT2D eigenvalue weighted by Gasteiger charge is 2.32. The molecule has 0 bridgehead atoms. The molecule has 1 aliphatic rings. The van der Waals surface area contributed by atoms with Crippen molar-refractivity contribution in [3.05, 3.63) is 29.3 Å². The van der Waals surface area contributed by atoms with Crippen molar-refractivity contribution in [1.29, 1.82) is 0 Å². The van der Waals surface area contributed by atoms with E-state index in [-0.39, 0.29) is 22.6 Å². The van der Waals surface area contributed by atoms with Gasteiger partial charge in [0.1, 0.15) is 5.78 Å². The second-order valence-corrected chi connectivity index (χ2v) is 7.33. The van der Waals surface area contributed by atoms with Gasteiger partial charge in [-0.3, -0.25) is 4.79 Å². The average molecular weight is 316 g/mol. The van der Waals surface area contributed by atoms with Gasteiger partial charge in [-0.1, -0.05) is 24.4 Å². The molecule has 0 amide bonds. The SMILES string of the molecule is CC(=O)C1CCCCC1NS(=O)(=O)c1ccc(Cl)cc1. The van der Waals surface area contributed by atoms with Crippen molar-refractivity contribution in [1.82, 2.24) is 4.72 Å². The lowest BCUT2D eigenvalue weighted by Gasteiger charge is -2.30. The summed E-state index contributed by atoms with van der Waals surface area (Å²) >= 11 is 5.76. The standard InChI is InChI=1S/C14H18ClNO3S/c1-10(17)13-4-2-3-5-14(13)16-20(18,19)12-8-6-11(15)7-9-12/h6-9,13-14,16H,2-5H2,1H3. The van der Waals surface area contributed by atoms with Crippen LogP contribution in [0, 0.1) is 5.92 Å². The summed E-state index contributed by atoms with van der Waals surface area (Å²) in [5.41, 5.74) is 0. The normalized spacial score (nSPS) is 23.5. The topological polar surface area (TPSA) is 63.2 Å². The maximum absolute atomic E-state index is 12.3. The summed E-state index contributed by atoms with van der Waals surface area (Å²) in [5, 5.41) is 0.489. The molecule has 1 saturated carbocycles. The summed E-state index contributed by atoms with van der Waals surface area (Å²) in [6, 6.07) is 5.72. The molecule has 0 heterocycles. The van der Waals surface area contributed by atoms with Gasteiger partial charge in [-0.05, 0) is 44.0 Å². The van der Waals surface area contributed by atoms with Crippen molar-refractivity contribution in [3.63, 3.8) is 0 Å². The van der Waals surface area contributed by atoms with Gasteiger partial charge in [-0.25, -0.2) is 13.1 Å². The lowest BCUT2D eigenvalue weighted by atomic mass is 9.83. The average Bonchev–Trinajstić information content (AvgIpc) is 2.39. The highest BCUT2D eigenvalue weighted by Crippen LogP contribution is 2.26. The van der Waals surface area contributed by atoms with E-state index >= 15 is 0 Å². The molecule has 2 rings (SSSR count). The van der Waals surface area contributed by atoms with Crippen molar-refractivity contribution in [2.75, 3.05) is 0 Å². The third kappa shape index (κ3) is 3.59. The van der Waals surface area contributed by atoms with Gasteiger partial charge in [0.2, 0.25) is 10.0 Å². The number of rotatable bonds is 4. The van der Waals surface area contributed by atoms with Gasteiger partial charge in [0.25, 0.3) is 0 Å². The zero-order valence-electron chi connectivity index (χ0n) is 11.3. The van der Waals surface area contributed by atoms with Crippen LogP contribution in [-0.2, 0) is 14.8 Å². The van der Waals surface area contributed by atoms with Crippen molar-refractivity contribution in [2.24, 2.45) is 5.92 Å². The maximum atomic E-state index is 12.3. The highest BCUT2D eigenvalue weighted by atomic mass is 35.5. The summed E-state index contributed by atoms with van der Waals surface area (Å²) < 4.78 is 27.3. The molecule has 0 radical (unpaired) electrons. The van der Waals surface area contributed by atoms with Crippen LogP contribution < -0.4 is 4.72 Å². The summed E-state index contributed by atoms with van der Waals surface area (Å²) in [4.78, 5) is 11.8. The van der Waals surface area contributed by atoms with Gasteiger partial charge in [-0.2, -0.15) is 0 Å². The van der Waals surface area contributed by atoms with Crippen molar-refractivity contribution >= 4 is 27.4 Å². The Morgan fingerprint density at radius 2 is 1.80 bits per heavy atom. The summed E-state index contributed by atoms with van der Waals surface area (Å²) in [6.45, 7) is 1.53. The Labute approximate surface area is 124 Å². The molecule has 4 nitrogen and oxygen atoms in total. The van der Waals surface area contributed by atoms with Crippen LogP contribution in [0.3, 0.4) is 0 Å². The zero-order valence-corrected chi connectivity index (χ0v) is 12.9. The van der Waals surface area contributed by atoms with Crippen LogP contribution >= 0.6 is 11.6 Å². The third-order valence-corrected chi connectivity index (χ3v) is 5.48. The minimum Gasteiger partial charge on any atom is -0.300 e. The van der Waals surface area contributed by atoms with E-state index in [1.165, 1.54) is 19.1 Å². The molecule has 20 heavy (non-hydrogen) atoms. The molecule has 0 aliphatic heterocycles. The Morgan fingerprint density at radius 1 is 1.20 bits per heavy atom. The molecule has 1 fully saturated rings. The fourth-order valence-electron chi connectivity index (χ4n) is 2.64. The van der Waals surface area contributed by atoms with Crippen molar-refractivity contribution in [2.45, 2.75) is 43.5 Å². The molecule has 1 aromatic rings. The predicted octanol–water partition coefficient (Wildman–Crippen LogP) is 2.77. The minimum atomic E-state index is -3.60. The number of Topliss-reactive ketones (excluding diaryl/α,β-unsaturated/α-hetero) is 1. The number of nitrogens with one attached hydrogen (secondary N) is 1. The highest BCUT2D eigenvalue weighted by molar-refractivity contribution is 7.89.